The number of anilines is 3. The van der Waals surface area contributed by atoms with Crippen molar-refractivity contribution in [2.24, 2.45) is 0 Å². The van der Waals surface area contributed by atoms with Gasteiger partial charge in [0.15, 0.2) is 11.6 Å². The number of hydrogen-bond donors (Lipinski definition) is 0. The molecule has 1 aliphatic heterocycles. The van der Waals surface area contributed by atoms with Crippen LogP contribution in [-0.2, 0) is 0 Å². The number of rotatable bonds is 2. The molecule has 0 radical (unpaired) electrons. The zero-order valence-electron chi connectivity index (χ0n) is 12.3. The van der Waals surface area contributed by atoms with Gasteiger partial charge in [0.05, 0.1) is 6.67 Å². The molecule has 4 heteroatoms. The first-order chi connectivity index (χ1) is 10.8. The fourth-order valence-electron chi connectivity index (χ4n) is 2.82. The van der Waals surface area contributed by atoms with E-state index in [0.717, 1.165) is 24.0 Å². The molecule has 2 heterocycles. The molecule has 0 aliphatic carbocycles. The third kappa shape index (κ3) is 2.09. The van der Waals surface area contributed by atoms with Gasteiger partial charge in [-0.05, 0) is 23.3 Å². The maximum atomic E-state index is 4.49. The van der Waals surface area contributed by atoms with Crippen LogP contribution in [0.4, 0.5) is 17.3 Å². The van der Waals surface area contributed by atoms with Gasteiger partial charge in [0.2, 0.25) is 0 Å². The van der Waals surface area contributed by atoms with Crippen LogP contribution < -0.4 is 9.80 Å². The Balaban J connectivity index is 1.76. The minimum absolute atomic E-state index is 0.761. The van der Waals surface area contributed by atoms with Crippen molar-refractivity contribution in [2.75, 3.05) is 23.5 Å². The summed E-state index contributed by atoms with van der Waals surface area (Å²) in [6.45, 7) is 0.761. The van der Waals surface area contributed by atoms with E-state index in [0.29, 0.717) is 0 Å². The zero-order chi connectivity index (χ0) is 14.9. The van der Waals surface area contributed by atoms with Crippen molar-refractivity contribution in [1.82, 2.24) is 9.97 Å². The van der Waals surface area contributed by atoms with Crippen molar-refractivity contribution in [2.45, 2.75) is 0 Å². The summed E-state index contributed by atoms with van der Waals surface area (Å²) >= 11 is 0. The molecule has 108 valence electrons. The second kappa shape index (κ2) is 5.15. The summed E-state index contributed by atoms with van der Waals surface area (Å²) in [6, 6.07) is 19.0. The summed E-state index contributed by atoms with van der Waals surface area (Å²) in [5.74, 6) is 1.84. The normalized spacial score (nSPS) is 13.3. The van der Waals surface area contributed by atoms with Crippen LogP contribution in [0.3, 0.4) is 0 Å². The summed E-state index contributed by atoms with van der Waals surface area (Å²) in [5, 5.41) is 0. The van der Waals surface area contributed by atoms with Gasteiger partial charge in [0, 0.05) is 25.1 Å². The third-order valence-corrected chi connectivity index (χ3v) is 3.90. The van der Waals surface area contributed by atoms with Crippen molar-refractivity contribution >= 4 is 17.3 Å². The number of hydrogen-bond acceptors (Lipinski definition) is 4. The molecule has 0 unspecified atom stereocenters. The minimum atomic E-state index is 0.761. The highest BCUT2D eigenvalue weighted by Gasteiger charge is 2.26. The Hall–Kier alpha value is -2.88. The third-order valence-electron chi connectivity index (χ3n) is 3.90. The van der Waals surface area contributed by atoms with E-state index in [1.165, 1.54) is 11.1 Å². The Morgan fingerprint density at radius 1 is 0.818 bits per heavy atom. The largest absolute Gasteiger partial charge is 0.338 e. The average molecular weight is 288 g/mol. The Labute approximate surface area is 129 Å². The van der Waals surface area contributed by atoms with Crippen molar-refractivity contribution in [1.29, 1.82) is 0 Å². The molecular formula is C18H16N4. The lowest BCUT2D eigenvalue weighted by Gasteiger charge is -2.19. The maximum absolute atomic E-state index is 4.49. The standard InChI is InChI=1S/C18H16N4/c1-21-13-22(18-17(21)19-10-11-20-18)16-9-5-8-15(12-16)14-6-3-2-4-7-14/h2-12H,13H2,1H3. The van der Waals surface area contributed by atoms with E-state index in [1.54, 1.807) is 12.4 Å². The van der Waals surface area contributed by atoms with Crippen molar-refractivity contribution in [3.8, 4) is 11.1 Å². The molecule has 1 aliphatic rings. The van der Waals surface area contributed by atoms with Crippen molar-refractivity contribution in [3.63, 3.8) is 0 Å². The van der Waals surface area contributed by atoms with Gasteiger partial charge < -0.3 is 9.80 Å². The molecule has 22 heavy (non-hydrogen) atoms. The van der Waals surface area contributed by atoms with E-state index in [-0.39, 0.29) is 0 Å². The molecule has 0 bridgehead atoms. The van der Waals surface area contributed by atoms with Gasteiger partial charge in [-0.25, -0.2) is 9.97 Å². The maximum Gasteiger partial charge on any atom is 0.178 e. The minimum Gasteiger partial charge on any atom is -0.338 e. The molecule has 0 fully saturated rings. The van der Waals surface area contributed by atoms with E-state index in [9.17, 15) is 0 Å². The van der Waals surface area contributed by atoms with Gasteiger partial charge in [0.1, 0.15) is 0 Å². The smallest absolute Gasteiger partial charge is 0.178 e. The van der Waals surface area contributed by atoms with Crippen LogP contribution in [0.2, 0.25) is 0 Å². The fourth-order valence-corrected chi connectivity index (χ4v) is 2.82. The molecule has 0 atom stereocenters. The zero-order valence-corrected chi connectivity index (χ0v) is 12.3. The lowest BCUT2D eigenvalue weighted by atomic mass is 10.1. The van der Waals surface area contributed by atoms with Crippen LogP contribution in [0.1, 0.15) is 0 Å². The average Bonchev–Trinajstić information content (AvgIpc) is 2.93. The Morgan fingerprint density at radius 2 is 1.55 bits per heavy atom. The monoisotopic (exact) mass is 288 g/mol. The highest BCUT2D eigenvalue weighted by molar-refractivity contribution is 5.78. The molecule has 4 rings (SSSR count). The quantitative estimate of drug-likeness (QED) is 0.720. The molecule has 0 spiro atoms. The van der Waals surface area contributed by atoms with E-state index in [1.807, 2.05) is 13.1 Å². The summed E-state index contributed by atoms with van der Waals surface area (Å²) in [6.07, 6.45) is 3.48. The molecule has 2 aromatic carbocycles. The topological polar surface area (TPSA) is 32.3 Å². The molecule has 0 amide bonds. The molecule has 0 N–H and O–H groups in total. The predicted octanol–water partition coefficient (Wildman–Crippen LogP) is 3.69. The van der Waals surface area contributed by atoms with E-state index < -0.39 is 0 Å². The highest BCUT2D eigenvalue weighted by atomic mass is 15.4. The SMILES string of the molecule is CN1CN(c2cccc(-c3ccccc3)c2)c2nccnc21. The second-order valence-electron chi connectivity index (χ2n) is 5.39. The Morgan fingerprint density at radius 3 is 2.36 bits per heavy atom. The van der Waals surface area contributed by atoms with E-state index in [4.69, 9.17) is 0 Å². The summed E-state index contributed by atoms with van der Waals surface area (Å²) in [4.78, 5) is 13.2. The summed E-state index contributed by atoms with van der Waals surface area (Å²) < 4.78 is 0. The first-order valence-corrected chi connectivity index (χ1v) is 7.28. The van der Waals surface area contributed by atoms with Gasteiger partial charge in [-0.1, -0.05) is 42.5 Å². The van der Waals surface area contributed by atoms with Crippen molar-refractivity contribution < 1.29 is 0 Å². The van der Waals surface area contributed by atoms with Crippen LogP contribution >= 0.6 is 0 Å². The molecule has 0 saturated heterocycles. The number of nitrogens with zero attached hydrogens (tertiary/aromatic N) is 4. The number of benzene rings is 2. The molecular weight excluding hydrogens is 272 g/mol. The van der Waals surface area contributed by atoms with Gasteiger partial charge in [-0.2, -0.15) is 0 Å². The Bertz CT molecular complexity index is 801. The van der Waals surface area contributed by atoms with Gasteiger partial charge >= 0.3 is 0 Å². The van der Waals surface area contributed by atoms with Crippen LogP contribution in [-0.4, -0.2) is 23.7 Å². The summed E-state index contributed by atoms with van der Waals surface area (Å²) in [7, 11) is 2.04. The Kier molecular flexibility index (Phi) is 3.00. The molecule has 4 nitrogen and oxygen atoms in total. The van der Waals surface area contributed by atoms with Gasteiger partial charge in [-0.3, -0.25) is 0 Å². The van der Waals surface area contributed by atoms with E-state index >= 15 is 0 Å². The molecule has 0 saturated carbocycles. The fraction of sp³-hybridized carbons (Fsp3) is 0.111. The first kappa shape index (κ1) is 12.8. The summed E-state index contributed by atoms with van der Waals surface area (Å²) in [5.41, 5.74) is 3.56. The van der Waals surface area contributed by atoms with Crippen molar-refractivity contribution in [3.05, 3.63) is 67.0 Å². The molecule has 1 aromatic heterocycles. The lowest BCUT2D eigenvalue weighted by Crippen LogP contribution is -2.24. The number of aromatic nitrogens is 2. The van der Waals surface area contributed by atoms with Crippen LogP contribution in [0, 0.1) is 0 Å². The second-order valence-corrected chi connectivity index (χ2v) is 5.39. The van der Waals surface area contributed by atoms with Crippen LogP contribution in [0.15, 0.2) is 67.0 Å². The lowest BCUT2D eigenvalue weighted by molar-refractivity contribution is 0.936. The first-order valence-electron chi connectivity index (χ1n) is 7.28. The highest BCUT2D eigenvalue weighted by Crippen LogP contribution is 2.37. The van der Waals surface area contributed by atoms with E-state index in [2.05, 4.69) is 68.3 Å². The van der Waals surface area contributed by atoms with Gasteiger partial charge in [-0.15, -0.1) is 0 Å². The van der Waals surface area contributed by atoms with Gasteiger partial charge in [0.25, 0.3) is 0 Å². The molecule has 3 aromatic rings. The predicted molar refractivity (Wildman–Crippen MR) is 89.3 cm³/mol. The van der Waals surface area contributed by atoms with Crippen LogP contribution in [0.25, 0.3) is 11.1 Å². The number of fused-ring (bicyclic) bond motifs is 1. The van der Waals surface area contributed by atoms with Crippen LogP contribution in [0.5, 0.6) is 0 Å².